The Balaban J connectivity index is 2.50. The average molecular weight is 192 g/mol. The summed E-state index contributed by atoms with van der Waals surface area (Å²) in [6, 6.07) is 0. The molecule has 0 radical (unpaired) electrons. The van der Waals surface area contributed by atoms with Gasteiger partial charge in [-0.15, -0.1) is 0 Å². The van der Waals surface area contributed by atoms with Gasteiger partial charge in [0, 0.05) is 20.6 Å². The lowest BCUT2D eigenvalue weighted by molar-refractivity contribution is -0.256. The molecular weight excluding hydrogens is 176 g/mol. The maximum absolute atomic E-state index is 9.27. The van der Waals surface area contributed by atoms with E-state index < -0.39 is 12.4 Å². The predicted octanol–water partition coefficient (Wildman–Crippen LogP) is -0.884. The summed E-state index contributed by atoms with van der Waals surface area (Å²) in [4.78, 5) is 0. The fourth-order valence-electron chi connectivity index (χ4n) is 1.42. The van der Waals surface area contributed by atoms with Crippen LogP contribution in [0.25, 0.3) is 0 Å². The van der Waals surface area contributed by atoms with Gasteiger partial charge in [0.05, 0.1) is 12.7 Å². The van der Waals surface area contributed by atoms with E-state index in [1.165, 1.54) is 0 Å². The van der Waals surface area contributed by atoms with E-state index in [-0.39, 0.29) is 12.2 Å². The normalized spacial score (nSPS) is 40.6. The van der Waals surface area contributed by atoms with Gasteiger partial charge in [0.1, 0.15) is 12.2 Å². The Hall–Kier alpha value is -0.200. The summed E-state index contributed by atoms with van der Waals surface area (Å²) < 4.78 is 15.1. The van der Waals surface area contributed by atoms with Crippen molar-refractivity contribution in [3.8, 4) is 0 Å². The monoisotopic (exact) mass is 192 g/mol. The second-order valence-electron chi connectivity index (χ2n) is 3.10. The molecular formula is C8H16O5. The minimum absolute atomic E-state index is 0.224. The first-order valence-corrected chi connectivity index (χ1v) is 4.22. The molecule has 1 aliphatic rings. The van der Waals surface area contributed by atoms with Crippen LogP contribution >= 0.6 is 0 Å². The quantitative estimate of drug-likeness (QED) is 0.607. The molecule has 1 saturated heterocycles. The number of aliphatic hydroxyl groups is 2. The van der Waals surface area contributed by atoms with Crippen LogP contribution in [-0.2, 0) is 14.2 Å². The number of ether oxygens (including phenoxy) is 3. The third-order valence-electron chi connectivity index (χ3n) is 2.17. The molecule has 0 bridgehead atoms. The largest absolute Gasteiger partial charge is 0.388 e. The topological polar surface area (TPSA) is 68.2 Å². The molecule has 13 heavy (non-hydrogen) atoms. The van der Waals surface area contributed by atoms with Crippen LogP contribution in [0.3, 0.4) is 0 Å². The van der Waals surface area contributed by atoms with Crippen molar-refractivity contribution in [3.63, 3.8) is 0 Å². The summed E-state index contributed by atoms with van der Waals surface area (Å²) in [6.45, 7) is 0.349. The number of aliphatic hydroxyl groups excluding tert-OH is 2. The lowest BCUT2D eigenvalue weighted by Gasteiger charge is -2.35. The highest BCUT2D eigenvalue weighted by Crippen LogP contribution is 2.21. The molecule has 5 nitrogen and oxygen atoms in total. The average Bonchev–Trinajstić information content (AvgIpc) is 2.11. The van der Waals surface area contributed by atoms with Crippen LogP contribution in [0.15, 0.2) is 0 Å². The molecule has 4 atom stereocenters. The summed E-state index contributed by atoms with van der Waals surface area (Å²) in [7, 11) is 3.09. The lowest BCUT2D eigenvalue weighted by Crippen LogP contribution is -2.49. The number of methoxy groups -OCH3 is 2. The molecule has 1 fully saturated rings. The minimum atomic E-state index is -1.13. The maximum Gasteiger partial charge on any atom is 0.181 e. The van der Waals surface area contributed by atoms with Crippen LogP contribution < -0.4 is 0 Å². The summed E-state index contributed by atoms with van der Waals surface area (Å²) in [5.74, 6) is 0. The van der Waals surface area contributed by atoms with Gasteiger partial charge < -0.3 is 24.4 Å². The molecule has 0 spiro atoms. The number of rotatable bonds is 3. The van der Waals surface area contributed by atoms with Crippen LogP contribution in [0.2, 0.25) is 0 Å². The van der Waals surface area contributed by atoms with Crippen LogP contribution in [0.1, 0.15) is 6.42 Å². The van der Waals surface area contributed by atoms with Crippen LogP contribution in [-0.4, -0.2) is 55.6 Å². The van der Waals surface area contributed by atoms with Gasteiger partial charge in [-0.05, 0) is 0 Å². The van der Waals surface area contributed by atoms with Crippen molar-refractivity contribution in [2.45, 2.75) is 31.0 Å². The van der Waals surface area contributed by atoms with Crippen molar-refractivity contribution in [3.05, 3.63) is 0 Å². The standard InChI is InChI=1S/C8H16O5/c1-11-4-7-6(12-2)3-5(9)8(10)13-7/h5-10H,3-4H2,1-2H3/t5-,6-,7-,8?/m1/s1. The van der Waals surface area contributed by atoms with Crippen molar-refractivity contribution < 1.29 is 24.4 Å². The molecule has 1 heterocycles. The zero-order valence-corrected chi connectivity index (χ0v) is 7.84. The fourth-order valence-corrected chi connectivity index (χ4v) is 1.42. The van der Waals surface area contributed by atoms with Crippen molar-refractivity contribution in [1.29, 1.82) is 0 Å². The second kappa shape index (κ2) is 4.88. The van der Waals surface area contributed by atoms with E-state index in [4.69, 9.17) is 14.2 Å². The van der Waals surface area contributed by atoms with Gasteiger partial charge in [-0.1, -0.05) is 0 Å². The van der Waals surface area contributed by atoms with Crippen molar-refractivity contribution >= 4 is 0 Å². The Morgan fingerprint density at radius 3 is 2.62 bits per heavy atom. The Labute approximate surface area is 77.2 Å². The Morgan fingerprint density at radius 1 is 1.38 bits per heavy atom. The van der Waals surface area contributed by atoms with Gasteiger partial charge >= 0.3 is 0 Å². The lowest BCUT2D eigenvalue weighted by atomic mass is 10.0. The first-order valence-electron chi connectivity index (χ1n) is 4.22. The van der Waals surface area contributed by atoms with Gasteiger partial charge in [-0.25, -0.2) is 0 Å². The number of hydrogen-bond donors (Lipinski definition) is 2. The molecule has 78 valence electrons. The smallest absolute Gasteiger partial charge is 0.181 e. The summed E-state index contributed by atoms with van der Waals surface area (Å²) in [6.07, 6.45) is -2.18. The van der Waals surface area contributed by atoms with E-state index in [2.05, 4.69) is 0 Å². The molecule has 0 aromatic rings. The fraction of sp³-hybridized carbons (Fsp3) is 1.00. The van der Waals surface area contributed by atoms with E-state index in [1.54, 1.807) is 14.2 Å². The Bertz CT molecular complexity index is 151. The molecule has 5 heteroatoms. The second-order valence-corrected chi connectivity index (χ2v) is 3.10. The van der Waals surface area contributed by atoms with Crippen molar-refractivity contribution in [2.24, 2.45) is 0 Å². The Morgan fingerprint density at radius 2 is 2.08 bits per heavy atom. The molecule has 2 N–H and O–H groups in total. The highest BCUT2D eigenvalue weighted by Gasteiger charge is 2.36. The molecule has 1 aliphatic heterocycles. The van der Waals surface area contributed by atoms with Crippen LogP contribution in [0, 0.1) is 0 Å². The zero-order chi connectivity index (χ0) is 9.84. The zero-order valence-electron chi connectivity index (χ0n) is 7.84. The molecule has 0 aromatic heterocycles. The van der Waals surface area contributed by atoms with E-state index >= 15 is 0 Å². The van der Waals surface area contributed by atoms with E-state index in [0.29, 0.717) is 13.0 Å². The summed E-state index contributed by atoms with van der Waals surface area (Å²) in [5, 5.41) is 18.5. The third kappa shape index (κ3) is 2.62. The first kappa shape index (κ1) is 10.9. The van der Waals surface area contributed by atoms with Crippen LogP contribution in [0.4, 0.5) is 0 Å². The molecule has 1 rings (SSSR count). The third-order valence-corrected chi connectivity index (χ3v) is 2.17. The van der Waals surface area contributed by atoms with Gasteiger partial charge in [-0.2, -0.15) is 0 Å². The highest BCUT2D eigenvalue weighted by molar-refractivity contribution is 4.81. The maximum atomic E-state index is 9.27. The number of hydrogen-bond acceptors (Lipinski definition) is 5. The predicted molar refractivity (Wildman–Crippen MR) is 44.2 cm³/mol. The van der Waals surface area contributed by atoms with Crippen molar-refractivity contribution in [1.82, 2.24) is 0 Å². The summed E-state index contributed by atoms with van der Waals surface area (Å²) in [5.41, 5.74) is 0. The highest BCUT2D eigenvalue weighted by atomic mass is 16.6. The minimum Gasteiger partial charge on any atom is -0.388 e. The van der Waals surface area contributed by atoms with Crippen LogP contribution in [0.5, 0.6) is 0 Å². The van der Waals surface area contributed by atoms with Gasteiger partial charge in [0.2, 0.25) is 0 Å². The Kier molecular flexibility index (Phi) is 4.08. The van der Waals surface area contributed by atoms with Gasteiger partial charge in [0.15, 0.2) is 6.29 Å². The summed E-state index contributed by atoms with van der Waals surface area (Å²) >= 11 is 0. The van der Waals surface area contributed by atoms with E-state index in [1.807, 2.05) is 0 Å². The first-order chi connectivity index (χ1) is 6.19. The van der Waals surface area contributed by atoms with Gasteiger partial charge in [0.25, 0.3) is 0 Å². The SMILES string of the molecule is COC[C@H]1OC(O)[C@H](O)C[C@H]1OC. The van der Waals surface area contributed by atoms with E-state index in [9.17, 15) is 10.2 Å². The molecule has 0 aliphatic carbocycles. The molecule has 0 saturated carbocycles. The molecule has 0 aromatic carbocycles. The van der Waals surface area contributed by atoms with E-state index in [0.717, 1.165) is 0 Å². The molecule has 0 amide bonds. The van der Waals surface area contributed by atoms with Crippen molar-refractivity contribution in [2.75, 3.05) is 20.8 Å². The molecule has 1 unspecified atom stereocenters. The van der Waals surface area contributed by atoms with Gasteiger partial charge in [-0.3, -0.25) is 0 Å².